The largest absolute Gasteiger partial charge is 0.488 e. The van der Waals surface area contributed by atoms with Crippen LogP contribution in [0.2, 0.25) is 5.02 Å². The number of amides is 1. The van der Waals surface area contributed by atoms with Gasteiger partial charge < -0.3 is 20.3 Å². The molecule has 0 radical (unpaired) electrons. The van der Waals surface area contributed by atoms with Crippen molar-refractivity contribution in [3.63, 3.8) is 0 Å². The van der Waals surface area contributed by atoms with Crippen molar-refractivity contribution in [1.29, 1.82) is 0 Å². The topological polar surface area (TPSA) is 109 Å². The number of nitrogens with one attached hydrogen (secondary N) is 3. The summed E-state index contributed by atoms with van der Waals surface area (Å²) in [5.41, 5.74) is 10.0. The quantitative estimate of drug-likeness (QED) is 0.429. The molecule has 10 heteroatoms. The molecule has 3 unspecified atom stereocenters. The van der Waals surface area contributed by atoms with Crippen molar-refractivity contribution in [2.24, 2.45) is 4.99 Å². The van der Waals surface area contributed by atoms with Gasteiger partial charge in [0.1, 0.15) is 6.17 Å². The number of fused-ring (bicyclic) bond motifs is 3. The lowest BCUT2D eigenvalue weighted by atomic mass is 9.78. The molecule has 3 atom stereocenters. The number of hydrogen-bond donors (Lipinski definition) is 5. The number of carbonyl (C=O) groups excluding carboxylic acids is 1. The number of halogens is 1. The van der Waals surface area contributed by atoms with Gasteiger partial charge in [-0.2, -0.15) is 0 Å². The number of carbonyl (C=O) groups is 1. The van der Waals surface area contributed by atoms with Gasteiger partial charge in [-0.1, -0.05) is 35.9 Å². The highest BCUT2D eigenvalue weighted by molar-refractivity contribution is 6.58. The molecular weight excluding hydrogens is 417 g/mol. The number of hydrogen-bond acceptors (Lipinski definition) is 7. The van der Waals surface area contributed by atoms with Crippen molar-refractivity contribution in [1.82, 2.24) is 16.2 Å². The molecule has 2 heterocycles. The Morgan fingerprint density at radius 3 is 2.65 bits per heavy atom. The van der Waals surface area contributed by atoms with Crippen LogP contribution in [0.25, 0.3) is 0 Å². The first kappa shape index (κ1) is 21.8. The van der Waals surface area contributed by atoms with Crippen LogP contribution < -0.4 is 26.5 Å². The van der Waals surface area contributed by atoms with Crippen LogP contribution in [0.1, 0.15) is 31.4 Å². The van der Waals surface area contributed by atoms with Crippen molar-refractivity contribution >= 4 is 41.5 Å². The molecule has 2 aliphatic heterocycles. The Kier molecular flexibility index (Phi) is 6.31. The van der Waals surface area contributed by atoms with Crippen molar-refractivity contribution in [3.8, 4) is 0 Å². The number of nitrogens with zero attached hydrogens (tertiary/aromatic N) is 2. The first-order chi connectivity index (χ1) is 14.9. The average Bonchev–Trinajstić information content (AvgIpc) is 3.06. The van der Waals surface area contributed by atoms with Gasteiger partial charge in [0.2, 0.25) is 5.91 Å². The van der Waals surface area contributed by atoms with Gasteiger partial charge in [-0.05, 0) is 37.5 Å². The van der Waals surface area contributed by atoms with Crippen LogP contribution in [0.15, 0.2) is 47.5 Å². The van der Waals surface area contributed by atoms with E-state index in [4.69, 9.17) is 16.6 Å². The van der Waals surface area contributed by atoms with E-state index in [2.05, 4.69) is 21.1 Å². The highest BCUT2D eigenvalue weighted by atomic mass is 35.5. The smallest absolute Gasteiger partial charge is 0.423 e. The number of hydrazine groups is 1. The van der Waals surface area contributed by atoms with E-state index < -0.39 is 7.12 Å². The van der Waals surface area contributed by atoms with Gasteiger partial charge in [0.05, 0.1) is 24.3 Å². The Bertz CT molecular complexity index is 1000. The van der Waals surface area contributed by atoms with Gasteiger partial charge in [-0.25, -0.2) is 10.9 Å². The van der Waals surface area contributed by atoms with Crippen molar-refractivity contribution in [3.05, 3.63) is 58.6 Å². The second-order valence-electron chi connectivity index (χ2n) is 7.68. The summed E-state index contributed by atoms with van der Waals surface area (Å²) in [4.78, 5) is 19.6. The molecule has 1 saturated heterocycles. The molecule has 2 aromatic carbocycles. The number of anilines is 1. The summed E-state index contributed by atoms with van der Waals surface area (Å²) in [5.74, 6) is -0.0783. The molecule has 31 heavy (non-hydrogen) atoms. The summed E-state index contributed by atoms with van der Waals surface area (Å²) in [6.45, 7) is 4.45. The molecule has 4 rings (SSSR count). The second kappa shape index (κ2) is 8.98. The summed E-state index contributed by atoms with van der Waals surface area (Å²) in [5, 5.41) is 23.0. The molecule has 0 aromatic heterocycles. The van der Waals surface area contributed by atoms with Gasteiger partial charge in [0.25, 0.3) is 0 Å². The molecule has 0 aliphatic carbocycles. The maximum Gasteiger partial charge on any atom is 0.488 e. The summed E-state index contributed by atoms with van der Waals surface area (Å²) in [6, 6.07) is 12.2. The van der Waals surface area contributed by atoms with Gasteiger partial charge in [0, 0.05) is 28.4 Å². The molecule has 162 valence electrons. The molecule has 1 amide bonds. The molecule has 0 bridgehead atoms. The third-order valence-corrected chi connectivity index (χ3v) is 5.81. The molecule has 8 nitrogen and oxygen atoms in total. The Labute approximate surface area is 186 Å². The first-order valence-corrected chi connectivity index (χ1v) is 10.7. The zero-order chi connectivity index (χ0) is 22.1. The average molecular weight is 442 g/mol. The van der Waals surface area contributed by atoms with E-state index in [0.717, 1.165) is 16.8 Å². The SMILES string of the molecule is CCNC(=O)CC1N=C(c2ccc(Cl)cc2)c2cc(B(O)O)ccc2N2C(C)NNC12. The zero-order valence-corrected chi connectivity index (χ0v) is 18.1. The Morgan fingerprint density at radius 2 is 1.97 bits per heavy atom. The fourth-order valence-corrected chi connectivity index (χ4v) is 4.24. The molecule has 1 fully saturated rings. The van der Waals surface area contributed by atoms with E-state index in [-0.39, 0.29) is 30.7 Å². The summed E-state index contributed by atoms with van der Waals surface area (Å²) >= 11 is 6.09. The fraction of sp³-hybridized carbons (Fsp3) is 0.333. The summed E-state index contributed by atoms with van der Waals surface area (Å²) in [6.07, 6.45) is -0.118. The zero-order valence-electron chi connectivity index (χ0n) is 17.3. The van der Waals surface area contributed by atoms with Crippen LogP contribution in [0.4, 0.5) is 5.69 Å². The van der Waals surface area contributed by atoms with Gasteiger partial charge >= 0.3 is 7.12 Å². The molecule has 2 aromatic rings. The number of aliphatic imine (C=N–C) groups is 1. The Hall–Kier alpha value is -2.43. The third-order valence-electron chi connectivity index (χ3n) is 5.55. The van der Waals surface area contributed by atoms with Gasteiger partial charge in [-0.3, -0.25) is 9.79 Å². The molecule has 0 spiro atoms. The first-order valence-electron chi connectivity index (χ1n) is 10.3. The number of rotatable bonds is 5. The molecular formula is C21H25BClN5O3. The second-order valence-corrected chi connectivity index (χ2v) is 8.11. The fourth-order valence-electron chi connectivity index (χ4n) is 4.12. The summed E-state index contributed by atoms with van der Waals surface area (Å²) in [7, 11) is -1.60. The monoisotopic (exact) mass is 441 g/mol. The maximum absolute atomic E-state index is 12.5. The lowest BCUT2D eigenvalue weighted by Crippen LogP contribution is -2.47. The van der Waals surface area contributed by atoms with E-state index >= 15 is 0 Å². The lowest BCUT2D eigenvalue weighted by molar-refractivity contribution is -0.121. The highest BCUT2D eigenvalue weighted by Gasteiger charge is 2.41. The van der Waals surface area contributed by atoms with Crippen molar-refractivity contribution < 1.29 is 14.8 Å². The van der Waals surface area contributed by atoms with Crippen LogP contribution in [0.3, 0.4) is 0 Å². The van der Waals surface area contributed by atoms with Crippen LogP contribution >= 0.6 is 11.6 Å². The maximum atomic E-state index is 12.5. The third kappa shape index (κ3) is 4.33. The highest BCUT2D eigenvalue weighted by Crippen LogP contribution is 2.33. The van der Waals surface area contributed by atoms with Gasteiger partial charge in [-0.15, -0.1) is 0 Å². The van der Waals surface area contributed by atoms with Crippen molar-refractivity contribution in [2.45, 2.75) is 38.6 Å². The molecule has 0 saturated carbocycles. The Balaban J connectivity index is 1.90. The van der Waals surface area contributed by atoms with E-state index in [1.807, 2.05) is 32.0 Å². The molecule has 5 N–H and O–H groups in total. The summed E-state index contributed by atoms with van der Waals surface area (Å²) < 4.78 is 0. The standard InChI is InChI=1S/C21H25BClN5O3/c1-3-24-19(29)11-17-21-27-26-12(2)28(21)18-9-6-14(22(30)31)10-16(18)20(25-17)13-4-7-15(23)8-5-13/h4-10,12,17,21,26-27,30-31H,3,11H2,1-2H3,(H,24,29). The van der Waals surface area contributed by atoms with Gasteiger partial charge in [0.15, 0.2) is 0 Å². The van der Waals surface area contributed by atoms with Crippen LogP contribution in [0, 0.1) is 0 Å². The minimum absolute atomic E-state index is 0.0647. The van der Waals surface area contributed by atoms with Crippen LogP contribution in [-0.4, -0.2) is 53.7 Å². The van der Waals surface area contributed by atoms with Crippen LogP contribution in [0.5, 0.6) is 0 Å². The minimum atomic E-state index is -1.60. The number of benzene rings is 2. The predicted octanol–water partition coefficient (Wildman–Crippen LogP) is 0.352. The van der Waals surface area contributed by atoms with E-state index in [1.165, 1.54) is 0 Å². The normalized spacial score (nSPS) is 22.3. The van der Waals surface area contributed by atoms with E-state index in [0.29, 0.717) is 22.7 Å². The van der Waals surface area contributed by atoms with E-state index in [9.17, 15) is 14.8 Å². The Morgan fingerprint density at radius 1 is 1.23 bits per heavy atom. The minimum Gasteiger partial charge on any atom is -0.423 e. The van der Waals surface area contributed by atoms with E-state index in [1.54, 1.807) is 24.3 Å². The van der Waals surface area contributed by atoms with Crippen molar-refractivity contribution in [2.75, 3.05) is 11.4 Å². The lowest BCUT2D eigenvalue weighted by Gasteiger charge is -2.31. The molecule has 2 aliphatic rings. The predicted molar refractivity (Wildman–Crippen MR) is 122 cm³/mol. The van der Waals surface area contributed by atoms with Crippen LogP contribution in [-0.2, 0) is 4.79 Å².